The first-order chi connectivity index (χ1) is 9.15. The van der Waals surface area contributed by atoms with Crippen LogP contribution in [0.5, 0.6) is 0 Å². The lowest BCUT2D eigenvalue weighted by atomic mass is 10.0. The molecule has 0 saturated heterocycles. The maximum absolute atomic E-state index is 13.6. The molecule has 2 aromatic carbocycles. The summed E-state index contributed by atoms with van der Waals surface area (Å²) in [6, 6.07) is 7.79. The van der Waals surface area contributed by atoms with E-state index >= 15 is 0 Å². The summed E-state index contributed by atoms with van der Waals surface area (Å²) >= 11 is 0. The maximum atomic E-state index is 13.6. The van der Waals surface area contributed by atoms with E-state index in [0.29, 0.717) is 11.6 Å². The Morgan fingerprint density at radius 3 is 2.74 bits per heavy atom. The van der Waals surface area contributed by atoms with Crippen LogP contribution in [0.15, 0.2) is 42.6 Å². The third kappa shape index (κ3) is 1.99. The van der Waals surface area contributed by atoms with Gasteiger partial charge >= 0.3 is 0 Å². The molecule has 5 heteroatoms. The number of hydrogen-bond acceptors (Lipinski definition) is 2. The summed E-state index contributed by atoms with van der Waals surface area (Å²) in [6.07, 6.45) is 1.58. The minimum Gasteiger partial charge on any atom is -0.288 e. The Morgan fingerprint density at radius 2 is 1.95 bits per heavy atom. The lowest BCUT2D eigenvalue weighted by Gasteiger charge is -2.03. The molecule has 1 heterocycles. The number of benzene rings is 2. The Balaban J connectivity index is 2.07. The Hall–Kier alpha value is -2.56. The monoisotopic (exact) mass is 258 g/mol. The summed E-state index contributed by atoms with van der Waals surface area (Å²) in [6.45, 7) is 0. The topological polar surface area (TPSA) is 45.8 Å². The van der Waals surface area contributed by atoms with E-state index < -0.39 is 17.4 Å². The standard InChI is InChI=1S/C14H8F2N2O/c15-10-2-3-11(12(16)6-10)14(19)8-1-4-13-9(5-8)7-17-18-13/h1-7H,(H,17,18). The largest absolute Gasteiger partial charge is 0.288 e. The molecule has 3 rings (SSSR count). The lowest BCUT2D eigenvalue weighted by molar-refractivity contribution is 0.103. The van der Waals surface area contributed by atoms with Gasteiger partial charge in [0.25, 0.3) is 0 Å². The van der Waals surface area contributed by atoms with Crippen molar-refractivity contribution in [2.45, 2.75) is 0 Å². The quantitative estimate of drug-likeness (QED) is 0.718. The first-order valence-corrected chi connectivity index (χ1v) is 5.58. The van der Waals surface area contributed by atoms with E-state index in [1.54, 1.807) is 24.4 Å². The average Bonchev–Trinajstić information content (AvgIpc) is 2.85. The van der Waals surface area contributed by atoms with Gasteiger partial charge in [0, 0.05) is 17.0 Å². The zero-order valence-corrected chi connectivity index (χ0v) is 9.65. The Kier molecular flexibility index (Phi) is 2.59. The van der Waals surface area contributed by atoms with E-state index in [1.807, 2.05) is 0 Å². The number of ketones is 1. The molecule has 1 N–H and O–H groups in total. The minimum absolute atomic E-state index is 0.149. The molecule has 0 aliphatic carbocycles. The Bertz CT molecular complexity index is 780. The van der Waals surface area contributed by atoms with Gasteiger partial charge in [-0.05, 0) is 30.3 Å². The van der Waals surface area contributed by atoms with Crippen molar-refractivity contribution >= 4 is 16.7 Å². The van der Waals surface area contributed by atoms with Crippen molar-refractivity contribution in [2.24, 2.45) is 0 Å². The minimum atomic E-state index is -0.864. The van der Waals surface area contributed by atoms with E-state index in [1.165, 1.54) is 0 Å². The van der Waals surface area contributed by atoms with Gasteiger partial charge in [0.2, 0.25) is 0 Å². The summed E-state index contributed by atoms with van der Waals surface area (Å²) in [4.78, 5) is 12.2. The second-order valence-electron chi connectivity index (χ2n) is 4.13. The lowest BCUT2D eigenvalue weighted by Crippen LogP contribution is -2.04. The van der Waals surface area contributed by atoms with Crippen LogP contribution in [0, 0.1) is 11.6 Å². The fourth-order valence-corrected chi connectivity index (χ4v) is 1.91. The van der Waals surface area contributed by atoms with Gasteiger partial charge in [-0.3, -0.25) is 9.89 Å². The molecule has 0 fully saturated rings. The van der Waals surface area contributed by atoms with Gasteiger partial charge < -0.3 is 0 Å². The van der Waals surface area contributed by atoms with E-state index in [2.05, 4.69) is 10.2 Å². The van der Waals surface area contributed by atoms with E-state index in [9.17, 15) is 13.6 Å². The van der Waals surface area contributed by atoms with Gasteiger partial charge in [-0.15, -0.1) is 0 Å². The van der Waals surface area contributed by atoms with Crippen LogP contribution >= 0.6 is 0 Å². The number of aromatic amines is 1. The van der Waals surface area contributed by atoms with Gasteiger partial charge in [-0.1, -0.05) is 0 Å². The molecule has 0 amide bonds. The number of fused-ring (bicyclic) bond motifs is 1. The van der Waals surface area contributed by atoms with Gasteiger partial charge in [0.15, 0.2) is 5.78 Å². The highest BCUT2D eigenvalue weighted by Gasteiger charge is 2.15. The van der Waals surface area contributed by atoms with E-state index in [-0.39, 0.29) is 5.56 Å². The number of nitrogens with zero attached hydrogens (tertiary/aromatic N) is 1. The highest BCUT2D eigenvalue weighted by molar-refractivity contribution is 6.10. The SMILES string of the molecule is O=C(c1ccc2[nH]ncc2c1)c1ccc(F)cc1F. The zero-order valence-electron chi connectivity index (χ0n) is 9.65. The predicted molar refractivity (Wildman–Crippen MR) is 65.9 cm³/mol. The highest BCUT2D eigenvalue weighted by atomic mass is 19.1. The molecular formula is C14H8F2N2O. The molecule has 1 aromatic heterocycles. The summed E-state index contributed by atoms with van der Waals surface area (Å²) in [5.74, 6) is -2.06. The van der Waals surface area contributed by atoms with Crippen molar-refractivity contribution in [3.63, 3.8) is 0 Å². The van der Waals surface area contributed by atoms with Crippen molar-refractivity contribution in [1.29, 1.82) is 0 Å². The van der Waals surface area contributed by atoms with Gasteiger partial charge in [-0.25, -0.2) is 8.78 Å². The molecule has 0 spiro atoms. The summed E-state index contributed by atoms with van der Waals surface area (Å²) in [5.41, 5.74) is 0.972. The van der Waals surface area contributed by atoms with Crippen molar-refractivity contribution in [1.82, 2.24) is 10.2 Å². The molecule has 0 aliphatic rings. The van der Waals surface area contributed by atoms with Gasteiger partial charge in [0.1, 0.15) is 11.6 Å². The number of nitrogens with one attached hydrogen (secondary N) is 1. The number of carbonyl (C=O) groups is 1. The second-order valence-corrected chi connectivity index (χ2v) is 4.13. The van der Waals surface area contributed by atoms with Gasteiger partial charge in [0.05, 0.1) is 17.3 Å². The van der Waals surface area contributed by atoms with Gasteiger partial charge in [-0.2, -0.15) is 5.10 Å². The molecular weight excluding hydrogens is 250 g/mol. The van der Waals surface area contributed by atoms with Crippen molar-refractivity contribution in [3.05, 3.63) is 65.4 Å². The first-order valence-electron chi connectivity index (χ1n) is 5.58. The van der Waals surface area contributed by atoms with Crippen molar-refractivity contribution in [2.75, 3.05) is 0 Å². The van der Waals surface area contributed by atoms with E-state index in [4.69, 9.17) is 0 Å². The van der Waals surface area contributed by atoms with Crippen LogP contribution < -0.4 is 0 Å². The molecule has 0 saturated carbocycles. The smallest absolute Gasteiger partial charge is 0.195 e. The Morgan fingerprint density at radius 1 is 1.11 bits per heavy atom. The number of aromatic nitrogens is 2. The van der Waals surface area contributed by atoms with Crippen LogP contribution in [0.3, 0.4) is 0 Å². The molecule has 3 nitrogen and oxygen atoms in total. The maximum Gasteiger partial charge on any atom is 0.195 e. The summed E-state index contributed by atoms with van der Waals surface area (Å²) in [7, 11) is 0. The number of H-pyrrole nitrogens is 1. The number of halogens is 2. The predicted octanol–water partition coefficient (Wildman–Crippen LogP) is 3.07. The molecule has 19 heavy (non-hydrogen) atoms. The highest BCUT2D eigenvalue weighted by Crippen LogP contribution is 2.18. The normalized spacial score (nSPS) is 10.8. The molecule has 0 unspecified atom stereocenters. The first kappa shape index (κ1) is 11.5. The molecule has 0 atom stereocenters. The number of rotatable bonds is 2. The third-order valence-corrected chi connectivity index (χ3v) is 2.88. The summed E-state index contributed by atoms with van der Waals surface area (Å²) in [5, 5.41) is 7.36. The molecule has 0 radical (unpaired) electrons. The van der Waals surface area contributed by atoms with Crippen molar-refractivity contribution < 1.29 is 13.6 Å². The van der Waals surface area contributed by atoms with Crippen molar-refractivity contribution in [3.8, 4) is 0 Å². The molecule has 94 valence electrons. The molecule has 3 aromatic rings. The molecule has 0 bridgehead atoms. The summed E-state index contributed by atoms with van der Waals surface area (Å²) < 4.78 is 26.4. The molecule has 0 aliphatic heterocycles. The van der Waals surface area contributed by atoms with Crippen LogP contribution in [0.2, 0.25) is 0 Å². The number of hydrogen-bond donors (Lipinski definition) is 1. The fraction of sp³-hybridized carbons (Fsp3) is 0. The van der Waals surface area contributed by atoms with Crippen LogP contribution in [-0.2, 0) is 0 Å². The average molecular weight is 258 g/mol. The second kappa shape index (κ2) is 4.28. The van der Waals surface area contributed by atoms with E-state index in [0.717, 1.165) is 23.0 Å². The van der Waals surface area contributed by atoms with Crippen LogP contribution in [0.4, 0.5) is 8.78 Å². The number of carbonyl (C=O) groups excluding carboxylic acids is 1. The van der Waals surface area contributed by atoms with Crippen LogP contribution in [0.25, 0.3) is 10.9 Å². The Labute approximate surface area is 106 Å². The van der Waals surface area contributed by atoms with Crippen LogP contribution in [-0.4, -0.2) is 16.0 Å². The fourth-order valence-electron chi connectivity index (χ4n) is 1.91. The third-order valence-electron chi connectivity index (χ3n) is 2.88. The van der Waals surface area contributed by atoms with Crippen LogP contribution in [0.1, 0.15) is 15.9 Å². The zero-order chi connectivity index (χ0) is 13.4.